The van der Waals surface area contributed by atoms with Crippen molar-refractivity contribution in [2.75, 3.05) is 6.54 Å². The van der Waals surface area contributed by atoms with Crippen LogP contribution in [0.4, 0.5) is 0 Å². The van der Waals surface area contributed by atoms with Crippen molar-refractivity contribution in [1.29, 1.82) is 0 Å². The molecule has 7 heteroatoms. The van der Waals surface area contributed by atoms with Gasteiger partial charge in [0.2, 0.25) is 5.91 Å². The summed E-state index contributed by atoms with van der Waals surface area (Å²) in [5.74, 6) is -0.407. The Balaban J connectivity index is 1.89. The van der Waals surface area contributed by atoms with Gasteiger partial charge in [0.15, 0.2) is 0 Å². The van der Waals surface area contributed by atoms with Crippen LogP contribution in [0.5, 0.6) is 0 Å². The van der Waals surface area contributed by atoms with E-state index in [1.807, 2.05) is 0 Å². The second kappa shape index (κ2) is 5.36. The molecule has 6 nitrogen and oxygen atoms in total. The third-order valence-corrected chi connectivity index (χ3v) is 4.20. The number of aromatic nitrogens is 2. The lowest BCUT2D eigenvalue weighted by Crippen LogP contribution is -2.63. The lowest BCUT2D eigenvalue weighted by atomic mass is 9.87. The molecule has 2 fully saturated rings. The fourth-order valence-electron chi connectivity index (χ4n) is 3.01. The molecule has 1 aromatic heterocycles. The van der Waals surface area contributed by atoms with Gasteiger partial charge in [0.1, 0.15) is 18.6 Å². The Bertz CT molecular complexity index is 551. The summed E-state index contributed by atoms with van der Waals surface area (Å²) < 4.78 is 0. The highest BCUT2D eigenvalue weighted by molar-refractivity contribution is 6.33. The highest BCUT2D eigenvalue weighted by Gasteiger charge is 2.39. The Labute approximate surface area is 121 Å². The molecule has 2 amide bonds. The van der Waals surface area contributed by atoms with Gasteiger partial charge in [-0.3, -0.25) is 9.59 Å². The van der Waals surface area contributed by atoms with E-state index in [4.69, 9.17) is 11.6 Å². The van der Waals surface area contributed by atoms with Gasteiger partial charge in [-0.25, -0.2) is 9.97 Å². The number of carbonyl (C=O) groups excluding carboxylic acids is 2. The first kappa shape index (κ1) is 13.3. The van der Waals surface area contributed by atoms with E-state index in [0.717, 1.165) is 25.7 Å². The summed E-state index contributed by atoms with van der Waals surface area (Å²) in [5.41, 5.74) is 0.167. The van der Waals surface area contributed by atoms with E-state index in [-0.39, 0.29) is 41.2 Å². The highest BCUT2D eigenvalue weighted by atomic mass is 35.5. The lowest BCUT2D eigenvalue weighted by molar-refractivity contribution is -0.127. The van der Waals surface area contributed by atoms with Gasteiger partial charge >= 0.3 is 0 Å². The van der Waals surface area contributed by atoms with Crippen LogP contribution in [-0.2, 0) is 4.79 Å². The number of halogens is 1. The van der Waals surface area contributed by atoms with E-state index in [9.17, 15) is 9.59 Å². The number of carbonyl (C=O) groups is 2. The van der Waals surface area contributed by atoms with Crippen LogP contribution in [-0.4, -0.2) is 45.3 Å². The van der Waals surface area contributed by atoms with E-state index >= 15 is 0 Å². The topological polar surface area (TPSA) is 75.2 Å². The molecule has 0 radical (unpaired) electrons. The number of amides is 2. The van der Waals surface area contributed by atoms with Crippen LogP contribution in [0, 0.1) is 0 Å². The molecule has 2 aliphatic rings. The first-order valence-corrected chi connectivity index (χ1v) is 7.10. The number of hydrogen-bond acceptors (Lipinski definition) is 4. The van der Waals surface area contributed by atoms with Crippen molar-refractivity contribution < 1.29 is 9.59 Å². The second-order valence-corrected chi connectivity index (χ2v) is 5.59. The van der Waals surface area contributed by atoms with Gasteiger partial charge in [0.05, 0.1) is 11.1 Å². The summed E-state index contributed by atoms with van der Waals surface area (Å²) in [6, 6.07) is 0.0922. The van der Waals surface area contributed by atoms with E-state index < -0.39 is 0 Å². The molecule has 106 valence electrons. The Morgan fingerprint density at radius 3 is 3.00 bits per heavy atom. The first-order chi connectivity index (χ1) is 9.66. The molecule has 1 aromatic rings. The molecule has 3 rings (SSSR count). The standard InChI is InChI=1S/C13H15ClN4O2/c14-8-5-15-7-16-12(8)13(20)18-6-11(19)17-9-3-1-2-4-10(9)18/h5,7,9-10H,1-4,6H2,(H,17,19). The van der Waals surface area contributed by atoms with Crippen LogP contribution >= 0.6 is 11.6 Å². The quantitative estimate of drug-likeness (QED) is 0.839. The summed E-state index contributed by atoms with van der Waals surface area (Å²) in [6.07, 6.45) is 6.65. The van der Waals surface area contributed by atoms with Crippen LogP contribution in [0.15, 0.2) is 12.5 Å². The number of rotatable bonds is 1. The van der Waals surface area contributed by atoms with Crippen molar-refractivity contribution in [3.05, 3.63) is 23.2 Å². The normalized spacial score (nSPS) is 25.9. The lowest BCUT2D eigenvalue weighted by Gasteiger charge is -2.43. The molecule has 0 spiro atoms. The zero-order valence-electron chi connectivity index (χ0n) is 10.9. The predicted molar refractivity (Wildman–Crippen MR) is 72.3 cm³/mol. The van der Waals surface area contributed by atoms with Gasteiger partial charge in [-0.1, -0.05) is 24.4 Å². The van der Waals surface area contributed by atoms with E-state index in [1.54, 1.807) is 4.90 Å². The molecule has 2 atom stereocenters. The fourth-order valence-corrected chi connectivity index (χ4v) is 3.19. The molecule has 1 aliphatic carbocycles. The van der Waals surface area contributed by atoms with Crippen molar-refractivity contribution >= 4 is 23.4 Å². The van der Waals surface area contributed by atoms with Crippen molar-refractivity contribution in [2.45, 2.75) is 37.8 Å². The summed E-state index contributed by atoms with van der Waals surface area (Å²) in [5, 5.41) is 3.19. The number of nitrogens with zero attached hydrogens (tertiary/aromatic N) is 3. The smallest absolute Gasteiger partial charge is 0.274 e. The summed E-state index contributed by atoms with van der Waals surface area (Å²) in [4.78, 5) is 33.7. The molecular weight excluding hydrogens is 280 g/mol. The van der Waals surface area contributed by atoms with E-state index in [2.05, 4.69) is 15.3 Å². The number of piperazine rings is 1. The maximum Gasteiger partial charge on any atom is 0.274 e. The predicted octanol–water partition coefficient (Wildman–Crippen LogP) is 1.01. The van der Waals surface area contributed by atoms with Gasteiger partial charge in [0.25, 0.3) is 5.91 Å². The Kier molecular flexibility index (Phi) is 3.56. The number of fused-ring (bicyclic) bond motifs is 1. The molecule has 2 unspecified atom stereocenters. The molecular formula is C13H15ClN4O2. The van der Waals surface area contributed by atoms with Crippen LogP contribution in [0.2, 0.25) is 5.02 Å². The van der Waals surface area contributed by atoms with Gasteiger partial charge in [-0.05, 0) is 12.8 Å². The number of nitrogens with one attached hydrogen (secondary N) is 1. The molecule has 2 heterocycles. The fraction of sp³-hybridized carbons (Fsp3) is 0.538. The number of hydrogen-bond donors (Lipinski definition) is 1. The Morgan fingerprint density at radius 2 is 2.20 bits per heavy atom. The monoisotopic (exact) mass is 294 g/mol. The molecule has 1 saturated heterocycles. The minimum Gasteiger partial charge on any atom is -0.350 e. The largest absolute Gasteiger partial charge is 0.350 e. The van der Waals surface area contributed by atoms with Gasteiger partial charge < -0.3 is 10.2 Å². The van der Waals surface area contributed by atoms with Crippen LogP contribution in [0.1, 0.15) is 36.2 Å². The minimum atomic E-state index is -0.288. The van der Waals surface area contributed by atoms with E-state index in [0.29, 0.717) is 0 Å². The molecule has 0 bridgehead atoms. The van der Waals surface area contributed by atoms with Gasteiger partial charge in [-0.2, -0.15) is 0 Å². The zero-order valence-corrected chi connectivity index (χ0v) is 11.6. The molecule has 1 aliphatic heterocycles. The Morgan fingerprint density at radius 1 is 1.40 bits per heavy atom. The van der Waals surface area contributed by atoms with Crippen LogP contribution in [0.3, 0.4) is 0 Å². The maximum absolute atomic E-state index is 12.6. The summed E-state index contributed by atoms with van der Waals surface area (Å²) in [7, 11) is 0. The zero-order chi connectivity index (χ0) is 14.1. The minimum absolute atomic E-state index is 0.0416. The Hall–Kier alpha value is -1.69. The third-order valence-electron chi connectivity index (χ3n) is 3.92. The van der Waals surface area contributed by atoms with Crippen LogP contribution in [0.25, 0.3) is 0 Å². The van der Waals surface area contributed by atoms with E-state index in [1.165, 1.54) is 12.5 Å². The van der Waals surface area contributed by atoms with Crippen molar-refractivity contribution in [3.8, 4) is 0 Å². The van der Waals surface area contributed by atoms with Crippen molar-refractivity contribution in [1.82, 2.24) is 20.2 Å². The SMILES string of the molecule is O=C1CN(C(=O)c2ncncc2Cl)C2CCCCC2N1. The second-order valence-electron chi connectivity index (χ2n) is 5.18. The average molecular weight is 295 g/mol. The maximum atomic E-state index is 12.6. The summed E-state index contributed by atoms with van der Waals surface area (Å²) in [6.45, 7) is 0.0698. The molecule has 20 heavy (non-hydrogen) atoms. The molecule has 0 aromatic carbocycles. The first-order valence-electron chi connectivity index (χ1n) is 6.72. The highest BCUT2D eigenvalue weighted by Crippen LogP contribution is 2.27. The third kappa shape index (κ3) is 2.35. The summed E-state index contributed by atoms with van der Waals surface area (Å²) >= 11 is 5.98. The average Bonchev–Trinajstić information content (AvgIpc) is 2.46. The molecule has 1 N–H and O–H groups in total. The van der Waals surface area contributed by atoms with Crippen molar-refractivity contribution in [3.63, 3.8) is 0 Å². The van der Waals surface area contributed by atoms with Gasteiger partial charge in [-0.15, -0.1) is 0 Å². The van der Waals surface area contributed by atoms with Crippen LogP contribution < -0.4 is 5.32 Å². The van der Waals surface area contributed by atoms with Gasteiger partial charge in [0, 0.05) is 12.2 Å². The van der Waals surface area contributed by atoms with Crippen molar-refractivity contribution in [2.24, 2.45) is 0 Å². The molecule has 1 saturated carbocycles.